The van der Waals surface area contributed by atoms with Crippen LogP contribution in [-0.2, 0) is 9.53 Å². The normalized spacial score (nSPS) is 12.1. The van der Waals surface area contributed by atoms with E-state index < -0.39 is 6.10 Å². The van der Waals surface area contributed by atoms with Crippen LogP contribution in [0.5, 0.6) is 0 Å². The van der Waals surface area contributed by atoms with Crippen molar-refractivity contribution < 1.29 is 9.53 Å². The molecule has 0 fully saturated rings. The predicted molar refractivity (Wildman–Crippen MR) is 54.3 cm³/mol. The molecule has 0 bridgehead atoms. The van der Waals surface area contributed by atoms with Gasteiger partial charge in [-0.2, -0.15) is 0 Å². The summed E-state index contributed by atoms with van der Waals surface area (Å²) in [5.41, 5.74) is 0.700. The first-order chi connectivity index (χ1) is 7.81. The van der Waals surface area contributed by atoms with Crippen LogP contribution in [0.1, 0.15) is 17.5 Å². The number of hydrogen-bond donors (Lipinski definition) is 1. The second-order valence-corrected chi connectivity index (χ2v) is 3.36. The van der Waals surface area contributed by atoms with Crippen molar-refractivity contribution in [3.8, 4) is 0 Å². The molecule has 0 aliphatic rings. The van der Waals surface area contributed by atoms with Crippen LogP contribution in [0.25, 0.3) is 0 Å². The number of ether oxygens (including phenoxy) is 1. The highest BCUT2D eigenvalue weighted by Gasteiger charge is 2.19. The van der Waals surface area contributed by atoms with Gasteiger partial charge in [0.1, 0.15) is 0 Å². The van der Waals surface area contributed by atoms with Gasteiger partial charge in [0.25, 0.3) is 0 Å². The summed E-state index contributed by atoms with van der Waals surface area (Å²) in [7, 11) is 0. The van der Waals surface area contributed by atoms with Gasteiger partial charge in [0.05, 0.1) is 0 Å². The zero-order valence-corrected chi connectivity index (χ0v) is 8.68. The van der Waals surface area contributed by atoms with E-state index in [-0.39, 0.29) is 0 Å². The molecular formula is C9H6ClN4O2. The summed E-state index contributed by atoms with van der Waals surface area (Å²) in [6, 6.07) is 6.80. The molecule has 16 heavy (non-hydrogen) atoms. The van der Waals surface area contributed by atoms with E-state index in [0.29, 0.717) is 16.4 Å². The van der Waals surface area contributed by atoms with E-state index in [9.17, 15) is 4.79 Å². The first-order valence-electron chi connectivity index (χ1n) is 4.33. The predicted octanol–water partition coefficient (Wildman–Crippen LogP) is 1.03. The van der Waals surface area contributed by atoms with Crippen molar-refractivity contribution in [1.82, 2.24) is 20.6 Å². The fourth-order valence-electron chi connectivity index (χ4n) is 1.24. The number of tetrazole rings is 1. The number of nitrogens with one attached hydrogen (secondary N) is 1. The van der Waals surface area contributed by atoms with Crippen LogP contribution in [0, 0.1) is 0 Å². The molecule has 0 saturated heterocycles. The summed E-state index contributed by atoms with van der Waals surface area (Å²) in [5.74, 6) is 0.325. The number of rotatable bonds is 4. The summed E-state index contributed by atoms with van der Waals surface area (Å²) >= 11 is 5.75. The molecule has 7 heteroatoms. The van der Waals surface area contributed by atoms with Gasteiger partial charge in [-0.25, -0.2) is 9.89 Å². The maximum atomic E-state index is 10.3. The number of nitrogens with zero attached hydrogens (tertiary/aromatic N) is 3. The number of aromatic nitrogens is 4. The monoisotopic (exact) mass is 237 g/mol. The van der Waals surface area contributed by atoms with Crippen molar-refractivity contribution in [1.29, 1.82) is 0 Å². The average Bonchev–Trinajstić information content (AvgIpc) is 2.81. The molecule has 2 aromatic rings. The molecule has 1 aromatic carbocycles. The van der Waals surface area contributed by atoms with Gasteiger partial charge in [-0.15, -0.1) is 5.10 Å². The molecule has 0 saturated carbocycles. The van der Waals surface area contributed by atoms with E-state index in [4.69, 9.17) is 16.3 Å². The molecule has 1 radical (unpaired) electrons. The Morgan fingerprint density at radius 1 is 1.38 bits per heavy atom. The van der Waals surface area contributed by atoms with E-state index in [1.165, 1.54) is 6.47 Å². The Balaban J connectivity index is 2.32. The number of aromatic amines is 1. The lowest BCUT2D eigenvalue weighted by Gasteiger charge is -2.10. The van der Waals surface area contributed by atoms with Gasteiger partial charge >= 0.3 is 6.47 Å². The molecule has 6 nitrogen and oxygen atoms in total. The molecule has 2 rings (SSSR count). The minimum Gasteiger partial charge on any atom is -0.441 e. The topological polar surface area (TPSA) is 80.8 Å². The molecule has 0 aliphatic carbocycles. The molecule has 81 valence electrons. The smallest absolute Gasteiger partial charge is 0.418 e. The van der Waals surface area contributed by atoms with Crippen molar-refractivity contribution in [3.63, 3.8) is 0 Å². The maximum Gasteiger partial charge on any atom is 0.418 e. The van der Waals surface area contributed by atoms with E-state index in [1.54, 1.807) is 24.3 Å². The van der Waals surface area contributed by atoms with Crippen molar-refractivity contribution in [3.05, 3.63) is 40.7 Å². The standard InChI is InChI=1S/C9H6ClN4O2/c10-7-3-1-6(2-4-7)8(16-5-15)9-11-13-14-12-9/h1-4,8H,(H,11,12,13,14). The molecule has 1 unspecified atom stereocenters. The molecule has 0 aliphatic heterocycles. The fraction of sp³-hybridized carbons (Fsp3) is 0.111. The number of hydrogen-bond acceptors (Lipinski definition) is 5. The number of carbonyl (C=O) groups excluding carboxylic acids is 1. The third kappa shape index (κ3) is 2.17. The first-order valence-corrected chi connectivity index (χ1v) is 4.71. The van der Waals surface area contributed by atoms with Gasteiger partial charge in [-0.1, -0.05) is 23.7 Å². The summed E-state index contributed by atoms with van der Waals surface area (Å²) < 4.78 is 4.79. The number of H-pyrrole nitrogens is 1. The Morgan fingerprint density at radius 2 is 2.12 bits per heavy atom. The second-order valence-electron chi connectivity index (χ2n) is 2.92. The van der Waals surface area contributed by atoms with Crippen LogP contribution < -0.4 is 0 Å². The van der Waals surface area contributed by atoms with Crippen LogP contribution in [0.2, 0.25) is 5.02 Å². The lowest BCUT2D eigenvalue weighted by atomic mass is 10.1. The van der Waals surface area contributed by atoms with Crippen molar-refractivity contribution in [2.75, 3.05) is 0 Å². The zero-order chi connectivity index (χ0) is 11.4. The van der Waals surface area contributed by atoms with Crippen LogP contribution in [0.3, 0.4) is 0 Å². The third-order valence-corrected chi connectivity index (χ3v) is 2.20. The van der Waals surface area contributed by atoms with Gasteiger partial charge in [-0.3, -0.25) is 0 Å². The maximum absolute atomic E-state index is 10.3. The highest BCUT2D eigenvalue weighted by molar-refractivity contribution is 6.30. The second kappa shape index (κ2) is 4.71. The molecule has 1 aromatic heterocycles. The van der Waals surface area contributed by atoms with Gasteiger partial charge in [0.15, 0.2) is 11.9 Å². The Bertz CT molecular complexity index is 457. The number of halogens is 1. The Kier molecular flexibility index (Phi) is 3.11. The van der Waals surface area contributed by atoms with Crippen molar-refractivity contribution >= 4 is 18.1 Å². The van der Waals surface area contributed by atoms with Crippen molar-refractivity contribution in [2.45, 2.75) is 6.10 Å². The third-order valence-electron chi connectivity index (χ3n) is 1.95. The lowest BCUT2D eigenvalue weighted by molar-refractivity contribution is 0.207. The summed E-state index contributed by atoms with van der Waals surface area (Å²) in [4.78, 5) is 10.3. The molecule has 0 spiro atoms. The highest BCUT2D eigenvalue weighted by atomic mass is 35.5. The number of benzene rings is 1. The van der Waals surface area contributed by atoms with E-state index in [0.717, 1.165) is 0 Å². The van der Waals surface area contributed by atoms with Crippen LogP contribution in [0.4, 0.5) is 0 Å². The molecule has 1 atom stereocenters. The minimum absolute atomic E-state index is 0.325. The Labute approximate surface area is 95.6 Å². The first kappa shape index (κ1) is 10.6. The average molecular weight is 238 g/mol. The molecule has 0 amide bonds. The van der Waals surface area contributed by atoms with E-state index in [1.807, 2.05) is 0 Å². The van der Waals surface area contributed by atoms with Gasteiger partial charge < -0.3 is 4.74 Å². The van der Waals surface area contributed by atoms with Crippen LogP contribution in [0.15, 0.2) is 24.3 Å². The Morgan fingerprint density at radius 3 is 2.69 bits per heavy atom. The summed E-state index contributed by atoms with van der Waals surface area (Å²) in [6.45, 7) is 1.37. The lowest BCUT2D eigenvalue weighted by Crippen LogP contribution is -2.07. The SMILES string of the molecule is O=[C]OC(c1ccc(Cl)cc1)c1nnn[nH]1. The van der Waals surface area contributed by atoms with Gasteiger partial charge in [0, 0.05) is 10.6 Å². The molecular weight excluding hydrogens is 232 g/mol. The molecule has 1 N–H and O–H groups in total. The summed E-state index contributed by atoms with van der Waals surface area (Å²) in [5, 5.41) is 13.6. The van der Waals surface area contributed by atoms with Crippen molar-refractivity contribution in [2.24, 2.45) is 0 Å². The fourth-order valence-corrected chi connectivity index (χ4v) is 1.37. The minimum atomic E-state index is -0.704. The van der Waals surface area contributed by atoms with E-state index >= 15 is 0 Å². The molecule has 1 heterocycles. The zero-order valence-electron chi connectivity index (χ0n) is 7.92. The Hall–Kier alpha value is -1.95. The van der Waals surface area contributed by atoms with Crippen LogP contribution in [-0.4, -0.2) is 27.1 Å². The highest BCUT2D eigenvalue weighted by Crippen LogP contribution is 2.23. The summed E-state index contributed by atoms with van der Waals surface area (Å²) in [6.07, 6.45) is -0.704. The van der Waals surface area contributed by atoms with Gasteiger partial charge in [0.2, 0.25) is 0 Å². The van der Waals surface area contributed by atoms with Crippen LogP contribution >= 0.6 is 11.6 Å². The quantitative estimate of drug-likeness (QED) is 0.859. The van der Waals surface area contributed by atoms with Gasteiger partial charge in [-0.05, 0) is 22.6 Å². The largest absolute Gasteiger partial charge is 0.441 e. The van der Waals surface area contributed by atoms with E-state index in [2.05, 4.69) is 20.6 Å².